The quantitative estimate of drug-likeness (QED) is 0.869. The van der Waals surface area contributed by atoms with Gasteiger partial charge in [-0.2, -0.15) is 5.26 Å². The summed E-state index contributed by atoms with van der Waals surface area (Å²) >= 11 is 0. The average Bonchev–Trinajstić information content (AvgIpc) is 2.45. The molecule has 1 unspecified atom stereocenters. The number of aryl methyl sites for hydroxylation is 2. The fourth-order valence-electron chi connectivity index (χ4n) is 2.69. The Bertz CT molecular complexity index is 576. The van der Waals surface area contributed by atoms with Crippen LogP contribution in [0.5, 0.6) is 0 Å². The summed E-state index contributed by atoms with van der Waals surface area (Å²) in [4.78, 5) is 15.9. The predicted molar refractivity (Wildman–Crippen MR) is 80.1 cm³/mol. The molecular weight excluding hydrogens is 266 g/mol. The fourth-order valence-corrected chi connectivity index (χ4v) is 2.69. The van der Waals surface area contributed by atoms with Crippen molar-refractivity contribution in [3.63, 3.8) is 0 Å². The molecule has 0 saturated carbocycles. The largest absolute Gasteiger partial charge is 0.480 e. The van der Waals surface area contributed by atoms with Crippen LogP contribution in [0.2, 0.25) is 0 Å². The van der Waals surface area contributed by atoms with E-state index in [0.717, 1.165) is 36.9 Å². The number of nitrogens with zero attached hydrogens (tertiary/aromatic N) is 2. The summed E-state index contributed by atoms with van der Waals surface area (Å²) in [5, 5.41) is 21.5. The van der Waals surface area contributed by atoms with E-state index in [1.165, 1.54) is 0 Å². The second-order valence-electron chi connectivity index (χ2n) is 5.97. The van der Waals surface area contributed by atoms with Gasteiger partial charge in [-0.25, -0.2) is 9.78 Å². The third kappa shape index (κ3) is 3.72. The summed E-state index contributed by atoms with van der Waals surface area (Å²) in [6.45, 7) is 3.95. The minimum Gasteiger partial charge on any atom is -0.480 e. The molecule has 1 aliphatic rings. The molecule has 1 heterocycles. The molecule has 0 spiro atoms. The first-order valence-electron chi connectivity index (χ1n) is 7.43. The van der Waals surface area contributed by atoms with Crippen molar-refractivity contribution >= 4 is 11.8 Å². The molecule has 0 aliphatic heterocycles. The molecular formula is C16H21N3O2. The number of fused-ring (bicyclic) bond motifs is 1. The van der Waals surface area contributed by atoms with E-state index in [4.69, 9.17) is 0 Å². The van der Waals surface area contributed by atoms with Crippen LogP contribution in [-0.4, -0.2) is 22.1 Å². The number of anilines is 1. The monoisotopic (exact) mass is 287 g/mol. The maximum atomic E-state index is 11.4. The van der Waals surface area contributed by atoms with Crippen molar-refractivity contribution < 1.29 is 9.90 Å². The van der Waals surface area contributed by atoms with Crippen molar-refractivity contribution in [3.8, 4) is 6.07 Å². The molecule has 1 atom stereocenters. The Kier molecular flexibility index (Phi) is 4.79. The highest BCUT2D eigenvalue weighted by atomic mass is 16.4. The van der Waals surface area contributed by atoms with Crippen molar-refractivity contribution in [3.05, 3.63) is 22.9 Å². The van der Waals surface area contributed by atoms with E-state index in [1.54, 1.807) is 0 Å². The van der Waals surface area contributed by atoms with Gasteiger partial charge >= 0.3 is 5.97 Å². The lowest BCUT2D eigenvalue weighted by molar-refractivity contribution is -0.138. The van der Waals surface area contributed by atoms with Gasteiger partial charge in [-0.3, -0.25) is 0 Å². The second-order valence-corrected chi connectivity index (χ2v) is 5.97. The molecule has 2 rings (SSSR count). The Morgan fingerprint density at radius 2 is 2.19 bits per heavy atom. The summed E-state index contributed by atoms with van der Waals surface area (Å²) in [6, 6.07) is 3.27. The highest BCUT2D eigenvalue weighted by molar-refractivity contribution is 5.77. The van der Waals surface area contributed by atoms with E-state index < -0.39 is 12.0 Å². The molecule has 5 nitrogen and oxygen atoms in total. The molecule has 0 radical (unpaired) electrons. The highest BCUT2D eigenvalue weighted by Crippen LogP contribution is 2.25. The minimum atomic E-state index is -0.910. The zero-order chi connectivity index (χ0) is 15.4. The molecule has 0 saturated heterocycles. The van der Waals surface area contributed by atoms with Crippen LogP contribution in [0.15, 0.2) is 6.07 Å². The number of carboxylic acid groups (broad SMARTS) is 1. The standard InChI is InChI=1S/C16H21N3O2/c1-10(2)7-14(16(20)21)19-15-12(9-17)8-11-5-3-4-6-13(11)18-15/h8,10,14H,3-7H2,1-2H3,(H,18,19)(H,20,21). The Labute approximate surface area is 125 Å². The first-order chi connectivity index (χ1) is 10.0. The summed E-state index contributed by atoms with van der Waals surface area (Å²) < 4.78 is 0. The number of aromatic nitrogens is 1. The van der Waals surface area contributed by atoms with Crippen LogP contribution >= 0.6 is 0 Å². The topological polar surface area (TPSA) is 86.0 Å². The van der Waals surface area contributed by atoms with Crippen LogP contribution in [0.25, 0.3) is 0 Å². The van der Waals surface area contributed by atoms with Crippen LogP contribution in [0.4, 0.5) is 5.82 Å². The number of rotatable bonds is 5. The van der Waals surface area contributed by atoms with Crippen LogP contribution in [-0.2, 0) is 17.6 Å². The van der Waals surface area contributed by atoms with E-state index >= 15 is 0 Å². The van der Waals surface area contributed by atoms with E-state index in [1.807, 2.05) is 19.9 Å². The third-order valence-electron chi connectivity index (χ3n) is 3.74. The van der Waals surface area contributed by atoms with Gasteiger partial charge in [0.2, 0.25) is 0 Å². The lowest BCUT2D eigenvalue weighted by atomic mass is 9.94. The van der Waals surface area contributed by atoms with Gasteiger partial charge in [-0.15, -0.1) is 0 Å². The van der Waals surface area contributed by atoms with E-state index in [2.05, 4.69) is 16.4 Å². The van der Waals surface area contributed by atoms with Crippen molar-refractivity contribution in [2.24, 2.45) is 5.92 Å². The van der Waals surface area contributed by atoms with Gasteiger partial charge in [0.05, 0.1) is 5.56 Å². The van der Waals surface area contributed by atoms with Gasteiger partial charge in [0.15, 0.2) is 0 Å². The second kappa shape index (κ2) is 6.57. The Morgan fingerprint density at radius 1 is 1.48 bits per heavy atom. The summed E-state index contributed by atoms with van der Waals surface area (Å²) in [6.07, 6.45) is 4.57. The number of nitriles is 1. The number of carbonyl (C=O) groups is 1. The zero-order valence-corrected chi connectivity index (χ0v) is 12.5. The summed E-state index contributed by atoms with van der Waals surface area (Å²) in [5.74, 6) is -0.250. The lowest BCUT2D eigenvalue weighted by Gasteiger charge is -2.21. The lowest BCUT2D eigenvalue weighted by Crippen LogP contribution is -2.31. The Hall–Kier alpha value is -2.09. The van der Waals surface area contributed by atoms with Gasteiger partial charge in [-0.1, -0.05) is 13.8 Å². The molecule has 1 aromatic rings. The number of carboxylic acids is 1. The van der Waals surface area contributed by atoms with Gasteiger partial charge in [-0.05, 0) is 49.7 Å². The molecule has 0 fully saturated rings. The first kappa shape index (κ1) is 15.3. The molecule has 0 amide bonds. The zero-order valence-electron chi connectivity index (χ0n) is 12.5. The average molecular weight is 287 g/mol. The maximum absolute atomic E-state index is 11.4. The first-order valence-corrected chi connectivity index (χ1v) is 7.43. The number of nitrogens with one attached hydrogen (secondary N) is 1. The molecule has 112 valence electrons. The summed E-state index contributed by atoms with van der Waals surface area (Å²) in [5.41, 5.74) is 2.56. The van der Waals surface area contributed by atoms with Crippen LogP contribution in [0.3, 0.4) is 0 Å². The maximum Gasteiger partial charge on any atom is 0.326 e. The van der Waals surface area contributed by atoms with Crippen LogP contribution in [0, 0.1) is 17.2 Å². The molecule has 5 heteroatoms. The van der Waals surface area contributed by atoms with Gasteiger partial charge in [0.1, 0.15) is 17.9 Å². The number of hydrogen-bond donors (Lipinski definition) is 2. The molecule has 0 bridgehead atoms. The van der Waals surface area contributed by atoms with Crippen molar-refractivity contribution in [1.29, 1.82) is 5.26 Å². The smallest absolute Gasteiger partial charge is 0.326 e. The van der Waals surface area contributed by atoms with Gasteiger partial charge < -0.3 is 10.4 Å². The van der Waals surface area contributed by atoms with Crippen LogP contribution < -0.4 is 5.32 Å². The number of aliphatic carboxylic acids is 1. The van der Waals surface area contributed by atoms with E-state index in [0.29, 0.717) is 17.8 Å². The Morgan fingerprint density at radius 3 is 2.81 bits per heavy atom. The van der Waals surface area contributed by atoms with Crippen LogP contribution in [0.1, 0.15) is 49.9 Å². The SMILES string of the molecule is CC(C)CC(Nc1nc2c(cc1C#N)CCCC2)C(=O)O. The molecule has 1 aliphatic carbocycles. The van der Waals surface area contributed by atoms with Gasteiger partial charge in [0, 0.05) is 5.69 Å². The Balaban J connectivity index is 2.29. The molecule has 0 aromatic carbocycles. The van der Waals surface area contributed by atoms with E-state index in [9.17, 15) is 15.2 Å². The number of hydrogen-bond acceptors (Lipinski definition) is 4. The van der Waals surface area contributed by atoms with Crippen molar-refractivity contribution in [1.82, 2.24) is 4.98 Å². The third-order valence-corrected chi connectivity index (χ3v) is 3.74. The molecule has 1 aromatic heterocycles. The highest BCUT2D eigenvalue weighted by Gasteiger charge is 2.22. The van der Waals surface area contributed by atoms with Gasteiger partial charge in [0.25, 0.3) is 0 Å². The summed E-state index contributed by atoms with van der Waals surface area (Å²) in [7, 11) is 0. The molecule has 2 N–H and O–H groups in total. The van der Waals surface area contributed by atoms with Crippen molar-refractivity contribution in [2.45, 2.75) is 52.0 Å². The van der Waals surface area contributed by atoms with Crippen molar-refractivity contribution in [2.75, 3.05) is 5.32 Å². The predicted octanol–water partition coefficient (Wildman–Crippen LogP) is 2.74. The molecule has 21 heavy (non-hydrogen) atoms. The normalized spacial score (nSPS) is 15.1. The minimum absolute atomic E-state index is 0.252. The van der Waals surface area contributed by atoms with E-state index in [-0.39, 0.29) is 5.92 Å². The fraction of sp³-hybridized carbons (Fsp3) is 0.562. The number of pyridine rings is 1.